The lowest BCUT2D eigenvalue weighted by Gasteiger charge is -2.35. The Morgan fingerprint density at radius 3 is 2.12 bits per heavy atom. The number of likely N-dealkylation sites (tertiary alicyclic amines) is 1. The van der Waals surface area contributed by atoms with Crippen molar-refractivity contribution in [2.45, 2.75) is 46.1 Å². The Hall–Kier alpha value is -0.900. The third kappa shape index (κ3) is 3.04. The van der Waals surface area contributed by atoms with Crippen molar-refractivity contribution in [2.75, 3.05) is 13.6 Å². The molecule has 1 aliphatic heterocycles. The summed E-state index contributed by atoms with van der Waals surface area (Å²) < 4.78 is 0. The lowest BCUT2D eigenvalue weighted by atomic mass is 9.86. The number of piperidine rings is 1. The molecule has 1 atom stereocenters. The normalized spacial score (nSPS) is 20.1. The van der Waals surface area contributed by atoms with Gasteiger partial charge < -0.3 is 5.32 Å². The fourth-order valence-corrected chi connectivity index (χ4v) is 1.98. The highest BCUT2D eigenvalue weighted by atomic mass is 16.2. The fourth-order valence-electron chi connectivity index (χ4n) is 1.98. The topological polar surface area (TPSA) is 49.4 Å². The molecule has 0 radical (unpaired) electrons. The van der Waals surface area contributed by atoms with Crippen LogP contribution < -0.4 is 5.32 Å². The standard InChI is InChI=1S/C12H22N2O2/c1-12(2,3)9(13-4)8-14-10(15)6-5-7-11(14)16/h9,13H,5-8H2,1-4H3/t9-/m1/s1. The molecule has 16 heavy (non-hydrogen) atoms. The molecule has 0 aromatic carbocycles. The van der Waals surface area contributed by atoms with Gasteiger partial charge in [0.15, 0.2) is 0 Å². The summed E-state index contributed by atoms with van der Waals surface area (Å²) in [5.41, 5.74) is 0.0345. The van der Waals surface area contributed by atoms with E-state index in [1.807, 2.05) is 7.05 Å². The first-order valence-electron chi connectivity index (χ1n) is 5.86. The fraction of sp³-hybridized carbons (Fsp3) is 0.833. The average molecular weight is 226 g/mol. The second kappa shape index (κ2) is 4.95. The van der Waals surface area contributed by atoms with Gasteiger partial charge in [0, 0.05) is 25.4 Å². The summed E-state index contributed by atoms with van der Waals surface area (Å²) in [5.74, 6) is -0.0542. The summed E-state index contributed by atoms with van der Waals surface area (Å²) in [6.45, 7) is 6.80. The quantitative estimate of drug-likeness (QED) is 0.735. The average Bonchev–Trinajstić information content (AvgIpc) is 2.15. The minimum absolute atomic E-state index is 0.0271. The van der Waals surface area contributed by atoms with Gasteiger partial charge in [-0.1, -0.05) is 20.8 Å². The Balaban J connectivity index is 2.70. The van der Waals surface area contributed by atoms with Gasteiger partial charge in [-0.3, -0.25) is 14.5 Å². The molecule has 0 unspecified atom stereocenters. The number of carbonyl (C=O) groups excluding carboxylic acids is 2. The molecule has 92 valence electrons. The Kier molecular flexibility index (Phi) is 4.08. The molecule has 1 fully saturated rings. The van der Waals surface area contributed by atoms with Gasteiger partial charge in [0.25, 0.3) is 0 Å². The van der Waals surface area contributed by atoms with Gasteiger partial charge in [0.05, 0.1) is 0 Å². The number of likely N-dealkylation sites (N-methyl/N-ethyl adjacent to an activating group) is 1. The third-order valence-corrected chi connectivity index (χ3v) is 3.14. The van der Waals surface area contributed by atoms with E-state index in [4.69, 9.17) is 0 Å². The summed E-state index contributed by atoms with van der Waals surface area (Å²) in [4.78, 5) is 24.7. The second-order valence-corrected chi connectivity index (χ2v) is 5.46. The lowest BCUT2D eigenvalue weighted by molar-refractivity contribution is -0.148. The molecule has 0 bridgehead atoms. The van der Waals surface area contributed by atoms with Gasteiger partial charge in [-0.15, -0.1) is 0 Å². The molecule has 4 heteroatoms. The van der Waals surface area contributed by atoms with Crippen LogP contribution in [-0.2, 0) is 9.59 Å². The highest BCUT2D eigenvalue weighted by molar-refractivity contribution is 5.97. The number of carbonyl (C=O) groups is 2. The molecule has 1 heterocycles. The van der Waals surface area contributed by atoms with E-state index < -0.39 is 0 Å². The molecule has 0 spiro atoms. The summed E-state index contributed by atoms with van der Waals surface area (Å²) in [6.07, 6.45) is 1.71. The molecule has 0 aromatic rings. The van der Waals surface area contributed by atoms with E-state index in [-0.39, 0.29) is 23.3 Å². The minimum Gasteiger partial charge on any atom is -0.315 e. The predicted molar refractivity (Wildman–Crippen MR) is 62.9 cm³/mol. The number of nitrogens with one attached hydrogen (secondary N) is 1. The van der Waals surface area contributed by atoms with E-state index in [0.717, 1.165) is 0 Å². The smallest absolute Gasteiger partial charge is 0.229 e. The van der Waals surface area contributed by atoms with Crippen molar-refractivity contribution in [1.82, 2.24) is 10.2 Å². The van der Waals surface area contributed by atoms with E-state index in [2.05, 4.69) is 26.1 Å². The molecule has 2 amide bonds. The number of rotatable bonds is 3. The second-order valence-electron chi connectivity index (χ2n) is 5.46. The Morgan fingerprint density at radius 1 is 1.25 bits per heavy atom. The van der Waals surface area contributed by atoms with Crippen LogP contribution in [0.1, 0.15) is 40.0 Å². The van der Waals surface area contributed by atoms with Gasteiger partial charge in [-0.2, -0.15) is 0 Å². The monoisotopic (exact) mass is 226 g/mol. The maximum atomic E-state index is 11.7. The number of amides is 2. The van der Waals surface area contributed by atoms with Gasteiger partial charge in [0.2, 0.25) is 11.8 Å². The number of hydrogen-bond donors (Lipinski definition) is 1. The van der Waals surface area contributed by atoms with Crippen molar-refractivity contribution in [1.29, 1.82) is 0 Å². The van der Waals surface area contributed by atoms with Gasteiger partial charge in [-0.25, -0.2) is 0 Å². The van der Waals surface area contributed by atoms with Crippen LogP contribution in [0.5, 0.6) is 0 Å². The molecular formula is C12H22N2O2. The first-order valence-corrected chi connectivity index (χ1v) is 5.86. The molecule has 1 aliphatic rings. The first-order chi connectivity index (χ1) is 7.36. The van der Waals surface area contributed by atoms with Crippen LogP contribution in [0.15, 0.2) is 0 Å². The number of hydrogen-bond acceptors (Lipinski definition) is 3. The van der Waals surface area contributed by atoms with Crippen LogP contribution in [-0.4, -0.2) is 36.3 Å². The zero-order valence-corrected chi connectivity index (χ0v) is 10.7. The van der Waals surface area contributed by atoms with E-state index in [9.17, 15) is 9.59 Å². The lowest BCUT2D eigenvalue weighted by Crippen LogP contribution is -2.51. The van der Waals surface area contributed by atoms with Crippen molar-refractivity contribution in [3.05, 3.63) is 0 Å². The summed E-state index contributed by atoms with van der Waals surface area (Å²) in [5, 5.41) is 3.18. The third-order valence-electron chi connectivity index (χ3n) is 3.14. The Bertz CT molecular complexity index is 265. The Labute approximate surface area is 97.4 Å². The molecule has 1 N–H and O–H groups in total. The van der Waals surface area contributed by atoms with Crippen LogP contribution >= 0.6 is 0 Å². The zero-order chi connectivity index (χ0) is 12.3. The van der Waals surface area contributed by atoms with E-state index in [1.54, 1.807) is 0 Å². The van der Waals surface area contributed by atoms with Crippen molar-refractivity contribution in [3.63, 3.8) is 0 Å². The highest BCUT2D eigenvalue weighted by Gasteiger charge is 2.32. The van der Waals surface area contributed by atoms with Crippen LogP contribution in [0.2, 0.25) is 0 Å². The van der Waals surface area contributed by atoms with E-state index in [1.165, 1.54) is 4.90 Å². The maximum Gasteiger partial charge on any atom is 0.229 e. The minimum atomic E-state index is -0.0271. The van der Waals surface area contributed by atoms with Crippen LogP contribution in [0, 0.1) is 5.41 Å². The van der Waals surface area contributed by atoms with Crippen molar-refractivity contribution in [2.24, 2.45) is 5.41 Å². The molecular weight excluding hydrogens is 204 g/mol. The number of imide groups is 1. The highest BCUT2D eigenvalue weighted by Crippen LogP contribution is 2.22. The summed E-state index contributed by atoms with van der Waals surface area (Å²) in [7, 11) is 1.87. The SMILES string of the molecule is CN[C@H](CN1C(=O)CCCC1=O)C(C)(C)C. The first kappa shape index (κ1) is 13.2. The van der Waals surface area contributed by atoms with Crippen LogP contribution in [0.25, 0.3) is 0 Å². The predicted octanol–water partition coefficient (Wildman–Crippen LogP) is 1.16. The zero-order valence-electron chi connectivity index (χ0n) is 10.7. The molecule has 0 aromatic heterocycles. The van der Waals surface area contributed by atoms with Crippen molar-refractivity contribution in [3.8, 4) is 0 Å². The Morgan fingerprint density at radius 2 is 1.75 bits per heavy atom. The largest absolute Gasteiger partial charge is 0.315 e. The summed E-state index contributed by atoms with van der Waals surface area (Å²) in [6, 6.07) is 0.137. The molecule has 4 nitrogen and oxygen atoms in total. The number of nitrogens with zero attached hydrogens (tertiary/aromatic N) is 1. The molecule has 1 saturated heterocycles. The van der Waals surface area contributed by atoms with Crippen molar-refractivity contribution >= 4 is 11.8 Å². The van der Waals surface area contributed by atoms with Gasteiger partial charge in [0.1, 0.15) is 0 Å². The maximum absolute atomic E-state index is 11.7. The van der Waals surface area contributed by atoms with Gasteiger partial charge in [-0.05, 0) is 18.9 Å². The van der Waals surface area contributed by atoms with E-state index >= 15 is 0 Å². The molecule has 0 aliphatic carbocycles. The molecule has 0 saturated carbocycles. The van der Waals surface area contributed by atoms with Crippen LogP contribution in [0.4, 0.5) is 0 Å². The van der Waals surface area contributed by atoms with Crippen molar-refractivity contribution < 1.29 is 9.59 Å². The molecule has 1 rings (SSSR count). The van der Waals surface area contributed by atoms with E-state index in [0.29, 0.717) is 25.8 Å². The van der Waals surface area contributed by atoms with Gasteiger partial charge >= 0.3 is 0 Å². The van der Waals surface area contributed by atoms with Crippen LogP contribution in [0.3, 0.4) is 0 Å². The summed E-state index contributed by atoms with van der Waals surface area (Å²) >= 11 is 0.